The second kappa shape index (κ2) is 6.11. The summed E-state index contributed by atoms with van der Waals surface area (Å²) < 4.78 is 4.94. The molecule has 15 heavy (non-hydrogen) atoms. The van der Waals surface area contributed by atoms with Crippen LogP contribution in [0.3, 0.4) is 0 Å². The van der Waals surface area contributed by atoms with Crippen LogP contribution < -0.4 is 0 Å². The molecule has 1 atom stereocenters. The summed E-state index contributed by atoms with van der Waals surface area (Å²) in [7, 11) is 1.66. The first kappa shape index (κ1) is 12.5. The largest absolute Gasteiger partial charge is 0.388 e. The molecule has 84 valence electrons. The second-order valence-corrected chi connectivity index (χ2v) is 4.09. The van der Waals surface area contributed by atoms with Crippen molar-refractivity contribution in [2.75, 3.05) is 13.7 Å². The Labute approximate surface area is 95.8 Å². The zero-order chi connectivity index (χ0) is 11.3. The summed E-state index contributed by atoms with van der Waals surface area (Å²) in [6.45, 7) is 2.65. The third-order valence-corrected chi connectivity index (χ3v) is 2.66. The molecular formula is C12H17ClO2. The van der Waals surface area contributed by atoms with E-state index in [4.69, 9.17) is 16.3 Å². The molecule has 0 aromatic heterocycles. The van der Waals surface area contributed by atoms with Crippen LogP contribution in [0.25, 0.3) is 0 Å². The lowest BCUT2D eigenvalue weighted by molar-refractivity contribution is 0.136. The van der Waals surface area contributed by atoms with Crippen molar-refractivity contribution in [3.05, 3.63) is 34.3 Å². The van der Waals surface area contributed by atoms with Gasteiger partial charge in [-0.3, -0.25) is 0 Å². The van der Waals surface area contributed by atoms with E-state index in [2.05, 4.69) is 0 Å². The van der Waals surface area contributed by atoms with Gasteiger partial charge >= 0.3 is 0 Å². The van der Waals surface area contributed by atoms with Crippen LogP contribution in [0.2, 0.25) is 5.02 Å². The van der Waals surface area contributed by atoms with Gasteiger partial charge in [-0.1, -0.05) is 17.7 Å². The number of methoxy groups -OCH3 is 1. The number of halogens is 1. The van der Waals surface area contributed by atoms with Crippen LogP contribution in [0.1, 0.15) is 30.1 Å². The SMILES string of the molecule is COCCCC(O)c1cc(Cl)ccc1C. The molecule has 1 aromatic rings. The summed E-state index contributed by atoms with van der Waals surface area (Å²) >= 11 is 5.89. The van der Waals surface area contributed by atoms with Gasteiger partial charge in [-0.25, -0.2) is 0 Å². The zero-order valence-corrected chi connectivity index (χ0v) is 9.92. The maximum atomic E-state index is 9.94. The second-order valence-electron chi connectivity index (χ2n) is 3.65. The quantitative estimate of drug-likeness (QED) is 0.785. The maximum absolute atomic E-state index is 9.94. The van der Waals surface area contributed by atoms with Gasteiger partial charge in [0.1, 0.15) is 0 Å². The van der Waals surface area contributed by atoms with Crippen molar-refractivity contribution in [2.45, 2.75) is 25.9 Å². The Morgan fingerprint density at radius 1 is 1.47 bits per heavy atom. The standard InChI is InChI=1S/C12H17ClO2/c1-9-5-6-10(13)8-11(9)12(14)4-3-7-15-2/h5-6,8,12,14H,3-4,7H2,1-2H3. The van der Waals surface area contributed by atoms with E-state index in [1.54, 1.807) is 7.11 Å². The molecule has 1 aromatic carbocycles. The lowest BCUT2D eigenvalue weighted by Crippen LogP contribution is -2.02. The van der Waals surface area contributed by atoms with Gasteiger partial charge < -0.3 is 9.84 Å². The van der Waals surface area contributed by atoms with Crippen LogP contribution in [0.5, 0.6) is 0 Å². The van der Waals surface area contributed by atoms with Crippen molar-refractivity contribution in [1.29, 1.82) is 0 Å². The Morgan fingerprint density at radius 2 is 2.20 bits per heavy atom. The molecule has 0 saturated heterocycles. The highest BCUT2D eigenvalue weighted by atomic mass is 35.5. The third kappa shape index (κ3) is 3.82. The first-order chi connectivity index (χ1) is 7.15. The fraction of sp³-hybridized carbons (Fsp3) is 0.500. The molecule has 0 aliphatic rings. The van der Waals surface area contributed by atoms with Crippen LogP contribution in [0.4, 0.5) is 0 Å². The molecule has 0 heterocycles. The van der Waals surface area contributed by atoms with E-state index >= 15 is 0 Å². The van der Waals surface area contributed by atoms with Gasteiger partial charge in [-0.05, 0) is 43.0 Å². The van der Waals surface area contributed by atoms with Gasteiger partial charge in [0.25, 0.3) is 0 Å². The summed E-state index contributed by atoms with van der Waals surface area (Å²) in [5.74, 6) is 0. The number of aliphatic hydroxyl groups excluding tert-OH is 1. The number of benzene rings is 1. The van der Waals surface area contributed by atoms with E-state index < -0.39 is 6.10 Å². The molecule has 0 saturated carbocycles. The Bertz CT molecular complexity index is 312. The fourth-order valence-corrected chi connectivity index (χ4v) is 1.73. The lowest BCUT2D eigenvalue weighted by Gasteiger charge is -2.13. The minimum atomic E-state index is -0.446. The first-order valence-corrected chi connectivity index (χ1v) is 5.46. The highest BCUT2D eigenvalue weighted by Crippen LogP contribution is 2.24. The molecule has 1 unspecified atom stereocenters. The van der Waals surface area contributed by atoms with Crippen LogP contribution in [-0.2, 0) is 4.74 Å². The number of rotatable bonds is 5. The monoisotopic (exact) mass is 228 g/mol. The Balaban J connectivity index is 2.64. The average molecular weight is 229 g/mol. The molecule has 0 radical (unpaired) electrons. The predicted molar refractivity (Wildman–Crippen MR) is 62.3 cm³/mol. The van der Waals surface area contributed by atoms with Crippen LogP contribution >= 0.6 is 11.6 Å². The van der Waals surface area contributed by atoms with Crippen molar-refractivity contribution < 1.29 is 9.84 Å². The smallest absolute Gasteiger partial charge is 0.0794 e. The van der Waals surface area contributed by atoms with Crippen molar-refractivity contribution >= 4 is 11.6 Å². The number of hydrogen-bond acceptors (Lipinski definition) is 2. The highest BCUT2D eigenvalue weighted by Gasteiger charge is 2.10. The molecule has 1 N–H and O–H groups in total. The number of ether oxygens (including phenoxy) is 1. The van der Waals surface area contributed by atoms with E-state index in [0.29, 0.717) is 18.1 Å². The van der Waals surface area contributed by atoms with E-state index in [0.717, 1.165) is 17.5 Å². The van der Waals surface area contributed by atoms with Gasteiger partial charge in [0.15, 0.2) is 0 Å². The molecular weight excluding hydrogens is 212 g/mol. The topological polar surface area (TPSA) is 29.5 Å². The minimum absolute atomic E-state index is 0.446. The molecule has 3 heteroatoms. The average Bonchev–Trinajstić information content (AvgIpc) is 2.22. The van der Waals surface area contributed by atoms with Gasteiger partial charge in [-0.15, -0.1) is 0 Å². The number of hydrogen-bond donors (Lipinski definition) is 1. The van der Waals surface area contributed by atoms with Crippen molar-refractivity contribution in [3.63, 3.8) is 0 Å². The van der Waals surface area contributed by atoms with Gasteiger partial charge in [0.2, 0.25) is 0 Å². The molecule has 0 aliphatic carbocycles. The van der Waals surface area contributed by atoms with E-state index in [9.17, 15) is 5.11 Å². The maximum Gasteiger partial charge on any atom is 0.0794 e. The van der Waals surface area contributed by atoms with Crippen molar-refractivity contribution in [1.82, 2.24) is 0 Å². The zero-order valence-electron chi connectivity index (χ0n) is 9.16. The van der Waals surface area contributed by atoms with Crippen LogP contribution in [-0.4, -0.2) is 18.8 Å². The lowest BCUT2D eigenvalue weighted by atomic mass is 10.0. The molecule has 0 aliphatic heterocycles. The molecule has 1 rings (SSSR count). The van der Waals surface area contributed by atoms with Crippen molar-refractivity contribution in [3.8, 4) is 0 Å². The molecule has 0 spiro atoms. The minimum Gasteiger partial charge on any atom is -0.388 e. The number of aliphatic hydroxyl groups is 1. The van der Waals surface area contributed by atoms with Gasteiger partial charge in [-0.2, -0.15) is 0 Å². The van der Waals surface area contributed by atoms with Crippen LogP contribution in [0, 0.1) is 6.92 Å². The summed E-state index contributed by atoms with van der Waals surface area (Å²) in [5.41, 5.74) is 1.99. The summed E-state index contributed by atoms with van der Waals surface area (Å²) in [6, 6.07) is 5.59. The number of aryl methyl sites for hydroxylation is 1. The van der Waals surface area contributed by atoms with E-state index in [1.807, 2.05) is 25.1 Å². The summed E-state index contributed by atoms with van der Waals surface area (Å²) in [6.07, 6.45) is 1.11. The molecule has 0 amide bonds. The Kier molecular flexibility index (Phi) is 5.09. The van der Waals surface area contributed by atoms with E-state index in [-0.39, 0.29) is 0 Å². The van der Waals surface area contributed by atoms with Crippen LogP contribution in [0.15, 0.2) is 18.2 Å². The Hall–Kier alpha value is -0.570. The summed E-state index contributed by atoms with van der Waals surface area (Å²) in [4.78, 5) is 0. The van der Waals surface area contributed by atoms with Crippen molar-refractivity contribution in [2.24, 2.45) is 0 Å². The highest BCUT2D eigenvalue weighted by molar-refractivity contribution is 6.30. The molecule has 2 nitrogen and oxygen atoms in total. The summed E-state index contributed by atoms with van der Waals surface area (Å²) in [5, 5.41) is 10.6. The predicted octanol–water partition coefficient (Wildman–Crippen LogP) is 3.11. The fourth-order valence-electron chi connectivity index (χ4n) is 1.55. The normalized spacial score (nSPS) is 12.8. The Morgan fingerprint density at radius 3 is 2.87 bits per heavy atom. The molecule has 0 fully saturated rings. The first-order valence-electron chi connectivity index (χ1n) is 5.08. The molecule has 0 bridgehead atoms. The van der Waals surface area contributed by atoms with E-state index in [1.165, 1.54) is 0 Å². The third-order valence-electron chi connectivity index (χ3n) is 2.43. The van der Waals surface area contributed by atoms with Gasteiger partial charge in [0, 0.05) is 18.7 Å². The van der Waals surface area contributed by atoms with Gasteiger partial charge in [0.05, 0.1) is 6.10 Å².